The number of benzene rings is 2. The number of halogens is 1. The van der Waals surface area contributed by atoms with Crippen molar-refractivity contribution in [1.29, 1.82) is 5.26 Å². The Morgan fingerprint density at radius 3 is 2.68 bits per heavy atom. The zero-order chi connectivity index (χ0) is 24.1. The number of rotatable bonds is 9. The molecule has 0 aliphatic rings. The van der Waals surface area contributed by atoms with Gasteiger partial charge in [0.15, 0.2) is 0 Å². The van der Waals surface area contributed by atoms with E-state index >= 15 is 0 Å². The molecule has 0 aliphatic heterocycles. The molecule has 0 aliphatic carbocycles. The molecule has 0 fully saturated rings. The molecule has 2 aromatic heterocycles. The summed E-state index contributed by atoms with van der Waals surface area (Å²) >= 11 is 7.01. The number of hydrogen-bond donors (Lipinski definition) is 1. The lowest BCUT2D eigenvalue weighted by Gasteiger charge is -2.32. The summed E-state index contributed by atoms with van der Waals surface area (Å²) in [6, 6.07) is 17.8. The molecule has 1 atom stereocenters. The molecule has 8 heteroatoms. The van der Waals surface area contributed by atoms with Crippen LogP contribution in [0.4, 0.5) is 9.39 Å². The highest BCUT2D eigenvalue weighted by molar-refractivity contribution is 7.80. The fourth-order valence-electron chi connectivity index (χ4n) is 3.92. The molecule has 0 spiro atoms. The Hall–Kier alpha value is -3.54. The Bertz CT molecular complexity index is 1320. The lowest BCUT2D eigenvalue weighted by atomic mass is 10.0. The summed E-state index contributed by atoms with van der Waals surface area (Å²) in [7, 11) is 0. The van der Waals surface area contributed by atoms with Crippen molar-refractivity contribution >= 4 is 33.5 Å². The quantitative estimate of drug-likeness (QED) is 0.319. The van der Waals surface area contributed by atoms with Crippen molar-refractivity contribution in [3.05, 3.63) is 106 Å². The van der Waals surface area contributed by atoms with Crippen molar-refractivity contribution in [3.63, 3.8) is 0 Å². The van der Waals surface area contributed by atoms with E-state index in [0.29, 0.717) is 30.6 Å². The molecule has 2 N–H and O–H groups in total. The molecular formula is C26H24FN5S2. The molecule has 0 saturated carbocycles. The van der Waals surface area contributed by atoms with Gasteiger partial charge in [-0.25, -0.2) is 9.37 Å². The maximum Gasteiger partial charge on any atom is 0.128 e. The molecule has 2 aromatic carbocycles. The third-order valence-corrected chi connectivity index (χ3v) is 6.93. The third-order valence-electron chi connectivity index (χ3n) is 5.62. The van der Waals surface area contributed by atoms with Gasteiger partial charge < -0.3 is 15.2 Å². The molecule has 0 amide bonds. The number of anilines is 1. The Kier molecular flexibility index (Phi) is 7.36. The first-order chi connectivity index (χ1) is 16.5. The second-order valence-corrected chi connectivity index (χ2v) is 9.41. The fourth-order valence-corrected chi connectivity index (χ4v) is 5.13. The number of thiocarbonyl (C=S) groups is 1. The van der Waals surface area contributed by atoms with Gasteiger partial charge in [-0.2, -0.15) is 5.26 Å². The molecular weight excluding hydrogens is 465 g/mol. The third kappa shape index (κ3) is 5.33. The summed E-state index contributed by atoms with van der Waals surface area (Å²) in [6.45, 7) is 3.25. The van der Waals surface area contributed by atoms with Crippen LogP contribution in [-0.4, -0.2) is 21.1 Å². The van der Waals surface area contributed by atoms with Crippen molar-refractivity contribution < 1.29 is 4.39 Å². The summed E-state index contributed by atoms with van der Waals surface area (Å²) in [5, 5.41) is 12.1. The van der Waals surface area contributed by atoms with Crippen molar-refractivity contribution in [1.82, 2.24) is 9.55 Å². The molecule has 172 valence electrons. The minimum absolute atomic E-state index is 0.224. The van der Waals surface area contributed by atoms with E-state index in [1.54, 1.807) is 35.9 Å². The number of nitriles is 1. The molecule has 1 unspecified atom stereocenters. The van der Waals surface area contributed by atoms with E-state index < -0.39 is 6.04 Å². The second-order valence-electron chi connectivity index (χ2n) is 8.05. The predicted octanol–water partition coefficient (Wildman–Crippen LogP) is 5.39. The Morgan fingerprint density at radius 2 is 2.03 bits per heavy atom. The largest absolute Gasteiger partial charge is 0.391 e. The van der Waals surface area contributed by atoms with Crippen LogP contribution in [0, 0.1) is 24.1 Å². The minimum Gasteiger partial charge on any atom is -0.391 e. The monoisotopic (exact) mass is 489 g/mol. The Balaban J connectivity index is 1.60. The number of aryl methyl sites for hydroxylation is 1. The highest BCUT2D eigenvalue weighted by Crippen LogP contribution is 2.34. The van der Waals surface area contributed by atoms with Crippen LogP contribution in [0.3, 0.4) is 0 Å². The van der Waals surface area contributed by atoms with Crippen LogP contribution in [0.1, 0.15) is 34.0 Å². The van der Waals surface area contributed by atoms with Gasteiger partial charge >= 0.3 is 0 Å². The fraction of sp³-hybridized carbons (Fsp3) is 0.192. The van der Waals surface area contributed by atoms with Crippen molar-refractivity contribution in [3.8, 4) is 6.07 Å². The molecule has 0 saturated heterocycles. The first-order valence-corrected chi connectivity index (χ1v) is 12.1. The van der Waals surface area contributed by atoms with Gasteiger partial charge in [0.1, 0.15) is 16.8 Å². The van der Waals surface area contributed by atoms with Gasteiger partial charge in [-0.05, 0) is 47.7 Å². The molecule has 0 radical (unpaired) electrons. The summed E-state index contributed by atoms with van der Waals surface area (Å²) in [4.78, 5) is 6.65. The van der Waals surface area contributed by atoms with Crippen LogP contribution < -0.4 is 10.6 Å². The normalized spacial score (nSPS) is 11.7. The van der Waals surface area contributed by atoms with Crippen LogP contribution in [-0.2, 0) is 13.0 Å². The molecule has 5 nitrogen and oxygen atoms in total. The molecule has 0 bridgehead atoms. The van der Waals surface area contributed by atoms with Crippen LogP contribution in [0.25, 0.3) is 0 Å². The standard InChI is InChI=1S/C26H24FN5S2/c1-18-12-24(34-16-18)32(25(26(29)33)22-4-2-3-5-23(22)27)11-10-21-14-30-17-31(21)15-20-8-6-19(13-28)7-9-20/h2-9,12,14,16-17,25H,10-11,15H2,1H3,(H2,29,33). The second kappa shape index (κ2) is 10.6. The summed E-state index contributed by atoms with van der Waals surface area (Å²) in [5.74, 6) is -0.329. The lowest BCUT2D eigenvalue weighted by Crippen LogP contribution is -2.38. The SMILES string of the molecule is Cc1csc(N(CCc2cncn2Cc2ccc(C#N)cc2)C(C(N)=S)c2ccccc2F)c1. The first kappa shape index (κ1) is 23.6. The number of hydrogen-bond acceptors (Lipinski definition) is 5. The van der Waals surface area contributed by atoms with E-state index in [1.165, 1.54) is 6.07 Å². The summed E-state index contributed by atoms with van der Waals surface area (Å²) in [5.41, 5.74) is 10.5. The number of nitrogens with zero attached hydrogens (tertiary/aromatic N) is 4. The van der Waals surface area contributed by atoms with E-state index in [1.807, 2.05) is 37.4 Å². The van der Waals surface area contributed by atoms with E-state index in [-0.39, 0.29) is 10.8 Å². The smallest absolute Gasteiger partial charge is 0.128 e. The van der Waals surface area contributed by atoms with Crippen LogP contribution in [0.5, 0.6) is 0 Å². The molecule has 2 heterocycles. The van der Waals surface area contributed by atoms with E-state index in [4.69, 9.17) is 23.2 Å². The predicted molar refractivity (Wildman–Crippen MR) is 139 cm³/mol. The van der Waals surface area contributed by atoms with Crippen molar-refractivity contribution in [2.45, 2.75) is 25.9 Å². The molecule has 4 rings (SSSR count). The van der Waals surface area contributed by atoms with Gasteiger partial charge in [0.2, 0.25) is 0 Å². The van der Waals surface area contributed by atoms with Gasteiger partial charge in [0.05, 0.1) is 23.0 Å². The van der Waals surface area contributed by atoms with E-state index in [0.717, 1.165) is 21.8 Å². The zero-order valence-corrected chi connectivity index (χ0v) is 20.3. The number of nitrogens with two attached hydrogens (primary N) is 1. The van der Waals surface area contributed by atoms with Gasteiger partial charge in [0.25, 0.3) is 0 Å². The number of aromatic nitrogens is 2. The van der Waals surface area contributed by atoms with Crippen molar-refractivity contribution in [2.24, 2.45) is 5.73 Å². The van der Waals surface area contributed by atoms with E-state index in [9.17, 15) is 4.39 Å². The first-order valence-electron chi connectivity index (χ1n) is 10.8. The van der Waals surface area contributed by atoms with Gasteiger partial charge in [0, 0.05) is 37.0 Å². The summed E-state index contributed by atoms with van der Waals surface area (Å²) in [6.07, 6.45) is 4.32. The van der Waals surface area contributed by atoms with Crippen LogP contribution in [0.2, 0.25) is 0 Å². The molecule has 34 heavy (non-hydrogen) atoms. The number of thiophene rings is 1. The topological polar surface area (TPSA) is 70.9 Å². The lowest BCUT2D eigenvalue weighted by molar-refractivity contribution is 0.594. The minimum atomic E-state index is -0.566. The van der Waals surface area contributed by atoms with E-state index in [2.05, 4.69) is 32.0 Å². The maximum atomic E-state index is 14.8. The van der Waals surface area contributed by atoms with Gasteiger partial charge in [-0.15, -0.1) is 11.3 Å². The maximum absolute atomic E-state index is 14.8. The summed E-state index contributed by atoms with van der Waals surface area (Å²) < 4.78 is 16.9. The molecule has 4 aromatic rings. The van der Waals surface area contributed by atoms with Crippen LogP contribution >= 0.6 is 23.6 Å². The van der Waals surface area contributed by atoms with Crippen molar-refractivity contribution in [2.75, 3.05) is 11.4 Å². The average Bonchev–Trinajstić information content (AvgIpc) is 3.46. The zero-order valence-electron chi connectivity index (χ0n) is 18.7. The van der Waals surface area contributed by atoms with Gasteiger partial charge in [-0.3, -0.25) is 0 Å². The van der Waals surface area contributed by atoms with Crippen LogP contribution in [0.15, 0.2) is 72.5 Å². The number of imidazole rings is 1. The van der Waals surface area contributed by atoms with Gasteiger partial charge in [-0.1, -0.05) is 42.5 Å². The highest BCUT2D eigenvalue weighted by atomic mass is 32.1. The average molecular weight is 490 g/mol. The Morgan fingerprint density at radius 1 is 1.26 bits per heavy atom. The Labute approximate surface area is 207 Å². The highest BCUT2D eigenvalue weighted by Gasteiger charge is 2.27.